The molecule has 0 aliphatic heterocycles. The average Bonchev–Trinajstić information content (AvgIpc) is 2.77. The van der Waals surface area contributed by atoms with Crippen LogP contribution in [0.4, 0.5) is 5.69 Å². The highest BCUT2D eigenvalue weighted by atomic mass is 79.9. The Balaban J connectivity index is 2.22. The lowest BCUT2D eigenvalue weighted by Crippen LogP contribution is -2.21. The third-order valence-corrected chi connectivity index (χ3v) is 4.50. The molecule has 2 rings (SSSR count). The first-order valence-corrected chi connectivity index (χ1v) is 8.00. The van der Waals surface area contributed by atoms with Gasteiger partial charge in [0.15, 0.2) is 0 Å². The van der Waals surface area contributed by atoms with E-state index in [4.69, 9.17) is 0 Å². The molecular formula is C15H22BrN3O. The number of hydrogen-bond donors (Lipinski definition) is 3. The van der Waals surface area contributed by atoms with Gasteiger partial charge in [0.05, 0.1) is 16.7 Å². The Morgan fingerprint density at radius 1 is 1.20 bits per heavy atom. The van der Waals surface area contributed by atoms with Gasteiger partial charge in [0.1, 0.15) is 0 Å². The number of anilines is 1. The van der Waals surface area contributed by atoms with Gasteiger partial charge in [0.2, 0.25) is 0 Å². The summed E-state index contributed by atoms with van der Waals surface area (Å²) >= 11 is 3.57. The summed E-state index contributed by atoms with van der Waals surface area (Å²) in [5, 5.41) is 3.58. The largest absolute Gasteiger partial charge is 0.381 e. The van der Waals surface area contributed by atoms with E-state index in [2.05, 4.69) is 52.0 Å². The minimum atomic E-state index is -0.171. The number of fused-ring (bicyclic) bond motifs is 1. The predicted octanol–water partition coefficient (Wildman–Crippen LogP) is 4.25. The van der Waals surface area contributed by atoms with Crippen LogP contribution >= 0.6 is 15.9 Å². The molecule has 0 spiro atoms. The topological polar surface area (TPSA) is 60.7 Å². The highest BCUT2D eigenvalue weighted by Crippen LogP contribution is 2.28. The van der Waals surface area contributed by atoms with Gasteiger partial charge in [-0.25, -0.2) is 4.79 Å². The fraction of sp³-hybridized carbons (Fsp3) is 0.533. The number of rotatable bonds is 6. The van der Waals surface area contributed by atoms with Crippen molar-refractivity contribution in [1.82, 2.24) is 9.97 Å². The molecule has 0 aliphatic carbocycles. The zero-order chi connectivity index (χ0) is 14.7. The lowest BCUT2D eigenvalue weighted by atomic mass is 9.97. The van der Waals surface area contributed by atoms with E-state index in [0.717, 1.165) is 34.0 Å². The van der Waals surface area contributed by atoms with E-state index in [1.165, 1.54) is 6.42 Å². The van der Waals surface area contributed by atoms with E-state index in [1.54, 1.807) is 0 Å². The van der Waals surface area contributed by atoms with Crippen LogP contribution in [0.3, 0.4) is 0 Å². The van der Waals surface area contributed by atoms with Gasteiger partial charge in [-0.15, -0.1) is 0 Å². The zero-order valence-corrected chi connectivity index (χ0v) is 13.8. The lowest BCUT2D eigenvalue weighted by Gasteiger charge is -2.22. The molecule has 0 saturated heterocycles. The number of halogens is 1. The van der Waals surface area contributed by atoms with E-state index in [-0.39, 0.29) is 5.69 Å². The van der Waals surface area contributed by atoms with Crippen molar-refractivity contribution in [1.29, 1.82) is 0 Å². The second-order valence-corrected chi connectivity index (χ2v) is 6.31. The molecule has 3 N–H and O–H groups in total. The van der Waals surface area contributed by atoms with Gasteiger partial charge in [-0.2, -0.15) is 0 Å². The normalized spacial score (nSPS) is 14.4. The first-order valence-electron chi connectivity index (χ1n) is 7.21. The fourth-order valence-electron chi connectivity index (χ4n) is 2.37. The molecular weight excluding hydrogens is 318 g/mol. The Labute approximate surface area is 127 Å². The molecule has 0 aliphatic rings. The quantitative estimate of drug-likeness (QED) is 0.736. The molecule has 20 heavy (non-hydrogen) atoms. The van der Waals surface area contributed by atoms with Crippen molar-refractivity contribution in [3.8, 4) is 0 Å². The minimum absolute atomic E-state index is 0.171. The van der Waals surface area contributed by atoms with Crippen LogP contribution in [-0.4, -0.2) is 16.0 Å². The smallest absolute Gasteiger partial charge is 0.323 e. The van der Waals surface area contributed by atoms with Crippen molar-refractivity contribution in [2.45, 2.75) is 46.1 Å². The summed E-state index contributed by atoms with van der Waals surface area (Å²) in [6, 6.07) is 4.37. The van der Waals surface area contributed by atoms with Crippen molar-refractivity contribution in [3.63, 3.8) is 0 Å². The summed E-state index contributed by atoms with van der Waals surface area (Å²) in [6.07, 6.45) is 3.43. The number of benzene rings is 1. The summed E-state index contributed by atoms with van der Waals surface area (Å²) in [5.41, 5.74) is 2.51. The Morgan fingerprint density at radius 2 is 1.85 bits per heavy atom. The highest BCUT2D eigenvalue weighted by molar-refractivity contribution is 9.10. The van der Waals surface area contributed by atoms with E-state index >= 15 is 0 Å². The summed E-state index contributed by atoms with van der Waals surface area (Å²) < 4.78 is 0.975. The molecule has 0 amide bonds. The Hall–Kier alpha value is -1.23. The molecule has 1 aromatic heterocycles. The molecule has 2 atom stereocenters. The van der Waals surface area contributed by atoms with E-state index in [9.17, 15) is 4.79 Å². The van der Waals surface area contributed by atoms with Gasteiger partial charge in [-0.1, -0.05) is 27.2 Å². The molecule has 4 nitrogen and oxygen atoms in total. The molecule has 0 radical (unpaired) electrons. The van der Waals surface area contributed by atoms with Crippen LogP contribution < -0.4 is 11.0 Å². The molecule has 5 heteroatoms. The minimum Gasteiger partial charge on any atom is -0.381 e. The molecule has 110 valence electrons. The first kappa shape index (κ1) is 15.2. The Kier molecular flexibility index (Phi) is 4.91. The van der Waals surface area contributed by atoms with Gasteiger partial charge in [-0.05, 0) is 46.8 Å². The van der Waals surface area contributed by atoms with Crippen molar-refractivity contribution in [3.05, 3.63) is 27.1 Å². The molecule has 1 heterocycles. The first-order chi connectivity index (χ1) is 9.53. The molecule has 0 bridgehead atoms. The Bertz CT molecular complexity index is 632. The second kappa shape index (κ2) is 6.48. The van der Waals surface area contributed by atoms with Gasteiger partial charge >= 0.3 is 5.69 Å². The maximum atomic E-state index is 11.3. The summed E-state index contributed by atoms with van der Waals surface area (Å²) in [5.74, 6) is 0.710. The third kappa shape index (κ3) is 3.45. The van der Waals surface area contributed by atoms with Crippen molar-refractivity contribution < 1.29 is 0 Å². The number of imidazole rings is 1. The van der Waals surface area contributed by atoms with Crippen LogP contribution in [0.2, 0.25) is 0 Å². The van der Waals surface area contributed by atoms with Crippen LogP contribution in [-0.2, 0) is 0 Å². The molecule has 2 unspecified atom stereocenters. The Morgan fingerprint density at radius 3 is 2.45 bits per heavy atom. The molecule has 1 aromatic carbocycles. The van der Waals surface area contributed by atoms with Crippen LogP contribution in [0.1, 0.15) is 40.0 Å². The van der Waals surface area contributed by atoms with Gasteiger partial charge in [-0.3, -0.25) is 0 Å². The van der Waals surface area contributed by atoms with Crippen molar-refractivity contribution in [2.24, 2.45) is 5.92 Å². The zero-order valence-electron chi connectivity index (χ0n) is 12.2. The number of hydrogen-bond acceptors (Lipinski definition) is 2. The highest BCUT2D eigenvalue weighted by Gasteiger charge is 2.13. The van der Waals surface area contributed by atoms with Crippen molar-refractivity contribution >= 4 is 32.7 Å². The van der Waals surface area contributed by atoms with Gasteiger partial charge in [0.25, 0.3) is 0 Å². The third-order valence-electron chi connectivity index (χ3n) is 3.84. The van der Waals surface area contributed by atoms with Gasteiger partial charge in [0, 0.05) is 10.5 Å². The lowest BCUT2D eigenvalue weighted by molar-refractivity contribution is 0.462. The summed E-state index contributed by atoms with van der Waals surface area (Å²) in [4.78, 5) is 16.9. The van der Waals surface area contributed by atoms with Crippen LogP contribution in [0.5, 0.6) is 0 Å². The number of aromatic nitrogens is 2. The summed E-state index contributed by atoms with van der Waals surface area (Å²) in [6.45, 7) is 6.71. The molecule has 0 saturated carbocycles. The standard InChI is InChI=1S/C15H22BrN3O/c1-4-9(3)6-10(5-2)17-12-8-14-13(7-11(12)16)18-15(20)19-14/h7-10,17H,4-6H2,1-3H3,(H2,18,19,20). The van der Waals surface area contributed by atoms with E-state index in [0.29, 0.717) is 12.0 Å². The maximum absolute atomic E-state index is 11.3. The fourth-order valence-corrected chi connectivity index (χ4v) is 2.82. The number of H-pyrrole nitrogens is 2. The van der Waals surface area contributed by atoms with Crippen molar-refractivity contribution in [2.75, 3.05) is 5.32 Å². The second-order valence-electron chi connectivity index (χ2n) is 5.46. The number of aromatic amines is 2. The van der Waals surface area contributed by atoms with E-state index in [1.807, 2.05) is 12.1 Å². The van der Waals surface area contributed by atoms with Gasteiger partial charge < -0.3 is 15.3 Å². The van der Waals surface area contributed by atoms with Crippen LogP contribution in [0, 0.1) is 5.92 Å². The number of nitrogens with one attached hydrogen (secondary N) is 3. The monoisotopic (exact) mass is 339 g/mol. The average molecular weight is 340 g/mol. The predicted molar refractivity (Wildman–Crippen MR) is 88.4 cm³/mol. The van der Waals surface area contributed by atoms with Crippen LogP contribution in [0.15, 0.2) is 21.4 Å². The van der Waals surface area contributed by atoms with Crippen LogP contribution in [0.25, 0.3) is 11.0 Å². The van der Waals surface area contributed by atoms with E-state index < -0.39 is 0 Å². The molecule has 0 fully saturated rings. The maximum Gasteiger partial charge on any atom is 0.323 e. The molecule has 2 aromatic rings. The SMILES string of the molecule is CCC(C)CC(CC)Nc1cc2[nH]c(=O)[nH]c2cc1Br. The summed E-state index contributed by atoms with van der Waals surface area (Å²) in [7, 11) is 0.